The van der Waals surface area contributed by atoms with Gasteiger partial charge in [-0.15, -0.1) is 0 Å². The van der Waals surface area contributed by atoms with Crippen molar-refractivity contribution in [3.8, 4) is 11.3 Å². The molecule has 0 spiro atoms. The molecule has 8 heteroatoms. The minimum atomic E-state index is -0.266. The van der Waals surface area contributed by atoms with Crippen LogP contribution < -0.4 is 10.2 Å². The molecule has 2 aliphatic heterocycles. The molecule has 0 radical (unpaired) electrons. The minimum Gasteiger partial charge on any atom is -0.393 e. The molecule has 0 bridgehead atoms. The van der Waals surface area contributed by atoms with E-state index >= 15 is 0 Å². The lowest BCUT2D eigenvalue weighted by atomic mass is 10.0. The molecule has 2 fully saturated rings. The summed E-state index contributed by atoms with van der Waals surface area (Å²) in [6.45, 7) is 3.96. The molecule has 0 unspecified atom stereocenters. The average molecular weight is 492 g/mol. The first-order valence-corrected chi connectivity index (χ1v) is 12.9. The van der Waals surface area contributed by atoms with Gasteiger partial charge in [0.25, 0.3) is 0 Å². The third kappa shape index (κ3) is 5.94. The molecule has 5 rings (SSSR count). The van der Waals surface area contributed by atoms with Gasteiger partial charge in [0, 0.05) is 55.6 Å². The van der Waals surface area contributed by atoms with Crippen LogP contribution in [0, 0.1) is 5.82 Å². The molecule has 2 aliphatic rings. The van der Waals surface area contributed by atoms with E-state index in [0.29, 0.717) is 44.9 Å². The van der Waals surface area contributed by atoms with Gasteiger partial charge in [0.1, 0.15) is 5.82 Å². The summed E-state index contributed by atoms with van der Waals surface area (Å²) in [6, 6.07) is 15.3. The fourth-order valence-electron chi connectivity index (χ4n) is 5.13. The van der Waals surface area contributed by atoms with Crippen molar-refractivity contribution >= 4 is 11.6 Å². The number of nitrogens with one attached hydrogen (secondary N) is 2. The lowest BCUT2D eigenvalue weighted by Gasteiger charge is -2.34. The Balaban J connectivity index is 1.08. The predicted octanol–water partition coefficient (Wildman–Crippen LogP) is 3.50. The lowest BCUT2D eigenvalue weighted by Crippen LogP contribution is -2.42. The zero-order valence-electron chi connectivity index (χ0n) is 20.5. The number of aliphatic hydroxyl groups is 1. The van der Waals surface area contributed by atoms with E-state index < -0.39 is 0 Å². The Morgan fingerprint density at radius 2 is 1.69 bits per heavy atom. The van der Waals surface area contributed by atoms with Crippen molar-refractivity contribution in [1.82, 2.24) is 20.4 Å². The smallest absolute Gasteiger partial charge is 0.226 e. The summed E-state index contributed by atoms with van der Waals surface area (Å²) in [7, 11) is 0. The number of rotatable bonds is 7. The highest BCUT2D eigenvalue weighted by molar-refractivity contribution is 5.79. The van der Waals surface area contributed by atoms with Crippen molar-refractivity contribution < 1.29 is 14.3 Å². The maximum atomic E-state index is 13.3. The van der Waals surface area contributed by atoms with Crippen LogP contribution in [0.2, 0.25) is 0 Å². The second-order valence-electron chi connectivity index (χ2n) is 9.87. The fraction of sp³-hybridized carbons (Fsp3) is 0.429. The van der Waals surface area contributed by atoms with E-state index in [1.54, 1.807) is 12.1 Å². The highest BCUT2D eigenvalue weighted by Gasteiger charge is 2.22. The average Bonchev–Trinajstić information content (AvgIpc) is 3.38. The molecule has 3 N–H and O–H groups in total. The maximum absolute atomic E-state index is 13.3. The van der Waals surface area contributed by atoms with Crippen LogP contribution in [0.25, 0.3) is 11.3 Å². The number of hydrogen-bond donors (Lipinski definition) is 3. The number of aromatic amines is 1. The molecule has 3 aromatic rings. The third-order valence-electron chi connectivity index (χ3n) is 7.40. The lowest BCUT2D eigenvalue weighted by molar-refractivity contribution is -0.132. The Bertz CT molecular complexity index is 1130. The number of halogens is 1. The number of amides is 1. The van der Waals surface area contributed by atoms with Crippen molar-refractivity contribution in [3.63, 3.8) is 0 Å². The van der Waals surface area contributed by atoms with E-state index in [4.69, 9.17) is 0 Å². The summed E-state index contributed by atoms with van der Waals surface area (Å²) in [4.78, 5) is 16.8. The zero-order valence-corrected chi connectivity index (χ0v) is 20.5. The molecule has 1 amide bonds. The first kappa shape index (κ1) is 24.5. The van der Waals surface area contributed by atoms with Crippen LogP contribution in [0.4, 0.5) is 10.1 Å². The summed E-state index contributed by atoms with van der Waals surface area (Å²) in [5.74, 6) is -0.103. The van der Waals surface area contributed by atoms with Crippen molar-refractivity contribution in [2.45, 2.75) is 50.8 Å². The number of likely N-dealkylation sites (tertiary alicyclic amines) is 1. The first-order valence-electron chi connectivity index (χ1n) is 12.9. The van der Waals surface area contributed by atoms with E-state index in [1.807, 2.05) is 11.1 Å². The van der Waals surface area contributed by atoms with Gasteiger partial charge in [0.2, 0.25) is 5.91 Å². The Hall–Kier alpha value is -3.23. The molecule has 0 atom stereocenters. The van der Waals surface area contributed by atoms with Gasteiger partial charge in [0.05, 0.1) is 24.4 Å². The highest BCUT2D eigenvalue weighted by Crippen LogP contribution is 2.24. The number of anilines is 1. The number of piperidine rings is 2. The summed E-state index contributed by atoms with van der Waals surface area (Å²) >= 11 is 0. The highest BCUT2D eigenvalue weighted by atomic mass is 19.1. The standard InChI is InChI=1S/C28H34FN5O2/c29-23-5-3-21(4-6-23)28-22(19-31-32-28)18-30-24-9-13-33(14-10-24)25-7-1-20(2-8-25)17-27(36)34-15-11-26(35)12-16-34/h1-8,19,24,26,30,35H,9-18H2,(H,31,32). The Labute approximate surface area is 211 Å². The Morgan fingerprint density at radius 1 is 1.00 bits per heavy atom. The van der Waals surface area contributed by atoms with Gasteiger partial charge >= 0.3 is 0 Å². The topological polar surface area (TPSA) is 84.5 Å². The van der Waals surface area contributed by atoms with Gasteiger partial charge in [-0.1, -0.05) is 12.1 Å². The quantitative estimate of drug-likeness (QED) is 0.471. The molecule has 3 heterocycles. The van der Waals surface area contributed by atoms with Crippen LogP contribution in [-0.4, -0.2) is 64.4 Å². The van der Waals surface area contributed by atoms with Crippen LogP contribution in [0.15, 0.2) is 54.7 Å². The number of carbonyl (C=O) groups is 1. The van der Waals surface area contributed by atoms with E-state index in [-0.39, 0.29) is 17.8 Å². The van der Waals surface area contributed by atoms with Gasteiger partial charge in [0.15, 0.2) is 0 Å². The van der Waals surface area contributed by atoms with E-state index in [2.05, 4.69) is 44.7 Å². The van der Waals surface area contributed by atoms with Crippen LogP contribution in [0.5, 0.6) is 0 Å². The number of aliphatic hydroxyl groups excluding tert-OH is 1. The van der Waals surface area contributed by atoms with Crippen LogP contribution in [0.1, 0.15) is 36.8 Å². The first-order chi connectivity index (χ1) is 17.5. The van der Waals surface area contributed by atoms with Crippen LogP contribution in [0.3, 0.4) is 0 Å². The molecule has 0 aliphatic carbocycles. The molecule has 36 heavy (non-hydrogen) atoms. The number of benzene rings is 2. The summed E-state index contributed by atoms with van der Waals surface area (Å²) < 4.78 is 13.3. The predicted molar refractivity (Wildman–Crippen MR) is 138 cm³/mol. The number of carbonyl (C=O) groups excluding carboxylic acids is 1. The summed E-state index contributed by atoms with van der Waals surface area (Å²) in [5, 5.41) is 20.5. The van der Waals surface area contributed by atoms with Gasteiger partial charge in [-0.3, -0.25) is 9.89 Å². The molecule has 190 valence electrons. The minimum absolute atomic E-state index is 0.141. The van der Waals surface area contributed by atoms with Crippen molar-refractivity contribution in [2.75, 3.05) is 31.1 Å². The van der Waals surface area contributed by atoms with E-state index in [9.17, 15) is 14.3 Å². The van der Waals surface area contributed by atoms with Gasteiger partial charge in [-0.25, -0.2) is 4.39 Å². The molecule has 1 aromatic heterocycles. The second kappa shape index (κ2) is 11.2. The molecule has 7 nitrogen and oxygen atoms in total. The molecular formula is C28H34FN5O2. The van der Waals surface area contributed by atoms with Crippen molar-refractivity contribution in [3.05, 3.63) is 71.7 Å². The van der Waals surface area contributed by atoms with Crippen molar-refractivity contribution in [1.29, 1.82) is 0 Å². The largest absolute Gasteiger partial charge is 0.393 e. The fourth-order valence-corrected chi connectivity index (χ4v) is 5.13. The second-order valence-corrected chi connectivity index (χ2v) is 9.87. The summed E-state index contributed by atoms with van der Waals surface area (Å²) in [5.41, 5.74) is 5.16. The van der Waals surface area contributed by atoms with E-state index in [1.165, 1.54) is 17.8 Å². The normalized spacial score (nSPS) is 17.5. The molecule has 2 aromatic carbocycles. The monoisotopic (exact) mass is 491 g/mol. The Morgan fingerprint density at radius 3 is 2.39 bits per heavy atom. The number of aromatic nitrogens is 2. The SMILES string of the molecule is O=C(Cc1ccc(N2CCC(NCc3cn[nH]c3-c3ccc(F)cc3)CC2)cc1)N1CCC(O)CC1. The van der Waals surface area contributed by atoms with Crippen LogP contribution >= 0.6 is 0 Å². The Kier molecular flexibility index (Phi) is 7.63. The number of hydrogen-bond acceptors (Lipinski definition) is 5. The summed E-state index contributed by atoms with van der Waals surface area (Å²) in [6.07, 6.45) is 5.42. The molecular weight excluding hydrogens is 457 g/mol. The molecule has 2 saturated heterocycles. The van der Waals surface area contributed by atoms with Crippen LogP contribution in [-0.2, 0) is 17.8 Å². The number of nitrogens with zero attached hydrogens (tertiary/aromatic N) is 3. The van der Waals surface area contributed by atoms with Crippen molar-refractivity contribution in [2.24, 2.45) is 0 Å². The third-order valence-corrected chi connectivity index (χ3v) is 7.40. The van der Waals surface area contributed by atoms with Gasteiger partial charge in [-0.05, 0) is 67.6 Å². The molecule has 0 saturated carbocycles. The number of H-pyrrole nitrogens is 1. The van der Waals surface area contributed by atoms with Gasteiger partial charge in [-0.2, -0.15) is 5.10 Å². The van der Waals surface area contributed by atoms with E-state index in [0.717, 1.165) is 48.3 Å². The maximum Gasteiger partial charge on any atom is 0.226 e. The van der Waals surface area contributed by atoms with Gasteiger partial charge < -0.3 is 20.2 Å². The zero-order chi connectivity index (χ0) is 24.9.